The molecule has 4 heteroatoms. The van der Waals surface area contributed by atoms with Gasteiger partial charge in [0.1, 0.15) is 5.78 Å². The van der Waals surface area contributed by atoms with E-state index in [1.807, 2.05) is 0 Å². The zero-order valence-electron chi connectivity index (χ0n) is 9.61. The Morgan fingerprint density at radius 1 is 1.19 bits per heavy atom. The molecule has 0 aliphatic carbocycles. The fourth-order valence-corrected chi connectivity index (χ4v) is 2.30. The lowest BCUT2D eigenvalue weighted by Gasteiger charge is -2.29. The third kappa shape index (κ3) is 3.04. The molecule has 0 bridgehead atoms. The van der Waals surface area contributed by atoms with Gasteiger partial charge in [-0.15, -0.1) is 0 Å². The number of carbonyl (C=O) groups excluding carboxylic acids is 2. The molecule has 1 atom stereocenters. The van der Waals surface area contributed by atoms with Crippen LogP contribution >= 0.6 is 0 Å². The third-order valence-corrected chi connectivity index (χ3v) is 3.33. The van der Waals surface area contributed by atoms with Crippen molar-refractivity contribution in [2.45, 2.75) is 44.6 Å². The van der Waals surface area contributed by atoms with E-state index in [2.05, 4.69) is 0 Å². The van der Waals surface area contributed by atoms with Crippen molar-refractivity contribution in [3.8, 4) is 0 Å². The first-order valence-electron chi connectivity index (χ1n) is 6.17. The smallest absolute Gasteiger partial charge is 0.223 e. The Kier molecular flexibility index (Phi) is 3.93. The lowest BCUT2D eigenvalue weighted by molar-refractivity contribution is -0.133. The molecule has 0 unspecified atom stereocenters. The maximum absolute atomic E-state index is 11.8. The molecule has 0 N–H and O–H groups in total. The first-order chi connectivity index (χ1) is 7.75. The zero-order valence-corrected chi connectivity index (χ0v) is 9.61. The van der Waals surface area contributed by atoms with E-state index >= 15 is 0 Å². The topological polar surface area (TPSA) is 46.6 Å². The number of hydrogen-bond donors (Lipinski definition) is 0. The van der Waals surface area contributed by atoms with Crippen LogP contribution in [0.1, 0.15) is 38.5 Å². The SMILES string of the molecule is O=C1CCC(=O)N(C[C@H]2CCCCO2)CC1. The number of nitrogens with zero attached hydrogens (tertiary/aromatic N) is 1. The van der Waals surface area contributed by atoms with Crippen LogP contribution < -0.4 is 0 Å². The van der Waals surface area contributed by atoms with Crippen LogP contribution in [0.3, 0.4) is 0 Å². The van der Waals surface area contributed by atoms with Gasteiger partial charge in [-0.05, 0) is 19.3 Å². The van der Waals surface area contributed by atoms with Gasteiger partial charge < -0.3 is 9.64 Å². The molecule has 2 fully saturated rings. The van der Waals surface area contributed by atoms with Crippen LogP contribution in [0.2, 0.25) is 0 Å². The van der Waals surface area contributed by atoms with Crippen LogP contribution in [0.15, 0.2) is 0 Å². The number of ketones is 1. The van der Waals surface area contributed by atoms with Gasteiger partial charge >= 0.3 is 0 Å². The van der Waals surface area contributed by atoms with E-state index in [0.29, 0.717) is 32.4 Å². The molecule has 0 radical (unpaired) electrons. The zero-order chi connectivity index (χ0) is 11.4. The van der Waals surface area contributed by atoms with E-state index in [0.717, 1.165) is 19.4 Å². The van der Waals surface area contributed by atoms with Crippen molar-refractivity contribution in [2.24, 2.45) is 0 Å². The van der Waals surface area contributed by atoms with E-state index in [4.69, 9.17) is 4.74 Å². The largest absolute Gasteiger partial charge is 0.376 e. The molecule has 1 amide bonds. The van der Waals surface area contributed by atoms with Gasteiger partial charge in [0.25, 0.3) is 0 Å². The third-order valence-electron chi connectivity index (χ3n) is 3.33. The summed E-state index contributed by atoms with van der Waals surface area (Å²) in [4.78, 5) is 24.8. The lowest BCUT2D eigenvalue weighted by atomic mass is 10.1. The number of carbonyl (C=O) groups is 2. The Bertz CT molecular complexity index is 271. The van der Waals surface area contributed by atoms with Crippen LogP contribution in [0.4, 0.5) is 0 Å². The summed E-state index contributed by atoms with van der Waals surface area (Å²) in [5.41, 5.74) is 0. The van der Waals surface area contributed by atoms with Crippen molar-refractivity contribution in [1.29, 1.82) is 0 Å². The molecule has 2 heterocycles. The van der Waals surface area contributed by atoms with Gasteiger partial charge in [-0.2, -0.15) is 0 Å². The molecule has 0 spiro atoms. The molecular formula is C12H19NO3. The Hall–Kier alpha value is -0.900. The van der Waals surface area contributed by atoms with Crippen molar-refractivity contribution in [3.63, 3.8) is 0 Å². The minimum atomic E-state index is 0.111. The molecule has 2 saturated heterocycles. The minimum absolute atomic E-state index is 0.111. The molecule has 16 heavy (non-hydrogen) atoms. The number of amides is 1. The van der Waals surface area contributed by atoms with Crippen LogP contribution in [0.5, 0.6) is 0 Å². The van der Waals surface area contributed by atoms with Crippen LogP contribution in [-0.4, -0.2) is 42.4 Å². The molecule has 0 aromatic rings. The van der Waals surface area contributed by atoms with Gasteiger partial charge in [0.15, 0.2) is 0 Å². The van der Waals surface area contributed by atoms with Gasteiger partial charge in [0.2, 0.25) is 5.91 Å². The number of Topliss-reactive ketones (excluding diaryl/α,β-unsaturated/α-hetero) is 1. The summed E-state index contributed by atoms with van der Waals surface area (Å²) < 4.78 is 5.62. The fourth-order valence-electron chi connectivity index (χ4n) is 2.30. The molecule has 0 aromatic heterocycles. The molecule has 2 aliphatic heterocycles. The molecule has 2 aliphatic rings. The average molecular weight is 225 g/mol. The minimum Gasteiger partial charge on any atom is -0.376 e. The Balaban J connectivity index is 1.86. The standard InChI is InChI=1S/C12H19NO3/c14-10-4-5-12(15)13(7-6-10)9-11-3-1-2-8-16-11/h11H,1-9H2/t11-/m1/s1. The van der Waals surface area contributed by atoms with Crippen molar-refractivity contribution < 1.29 is 14.3 Å². The highest BCUT2D eigenvalue weighted by Crippen LogP contribution is 2.16. The molecule has 4 nitrogen and oxygen atoms in total. The summed E-state index contributed by atoms with van der Waals surface area (Å²) >= 11 is 0. The number of hydrogen-bond acceptors (Lipinski definition) is 3. The molecule has 90 valence electrons. The van der Waals surface area contributed by atoms with Crippen molar-refractivity contribution in [1.82, 2.24) is 4.90 Å². The lowest BCUT2D eigenvalue weighted by Crippen LogP contribution is -2.39. The molecule has 2 rings (SSSR count). The fraction of sp³-hybridized carbons (Fsp3) is 0.833. The number of ether oxygens (including phenoxy) is 1. The van der Waals surface area contributed by atoms with Gasteiger partial charge in [-0.25, -0.2) is 0 Å². The second kappa shape index (κ2) is 5.43. The summed E-state index contributed by atoms with van der Waals surface area (Å²) in [6.07, 6.45) is 4.85. The second-order valence-corrected chi connectivity index (χ2v) is 4.62. The predicted octanol–water partition coefficient (Wildman–Crippen LogP) is 1.14. The van der Waals surface area contributed by atoms with E-state index in [9.17, 15) is 9.59 Å². The van der Waals surface area contributed by atoms with Gasteiger partial charge in [-0.3, -0.25) is 9.59 Å². The predicted molar refractivity (Wildman–Crippen MR) is 59.0 cm³/mol. The second-order valence-electron chi connectivity index (χ2n) is 4.62. The highest BCUT2D eigenvalue weighted by Gasteiger charge is 2.24. The summed E-state index contributed by atoms with van der Waals surface area (Å²) in [5.74, 6) is 0.320. The number of likely N-dealkylation sites (tertiary alicyclic amines) is 1. The van der Waals surface area contributed by atoms with Crippen molar-refractivity contribution >= 4 is 11.7 Å². The molecule has 0 saturated carbocycles. The number of rotatable bonds is 2. The first kappa shape index (κ1) is 11.6. The highest BCUT2D eigenvalue weighted by atomic mass is 16.5. The van der Waals surface area contributed by atoms with Crippen molar-refractivity contribution in [3.05, 3.63) is 0 Å². The summed E-state index contributed by atoms with van der Waals surface area (Å²) in [6, 6.07) is 0. The van der Waals surface area contributed by atoms with E-state index in [1.165, 1.54) is 6.42 Å². The van der Waals surface area contributed by atoms with Crippen LogP contribution in [-0.2, 0) is 14.3 Å². The van der Waals surface area contributed by atoms with Crippen LogP contribution in [0.25, 0.3) is 0 Å². The van der Waals surface area contributed by atoms with Gasteiger partial charge in [0, 0.05) is 39.0 Å². The summed E-state index contributed by atoms with van der Waals surface area (Å²) in [7, 11) is 0. The Morgan fingerprint density at radius 2 is 2.06 bits per heavy atom. The van der Waals surface area contributed by atoms with E-state index in [-0.39, 0.29) is 17.8 Å². The van der Waals surface area contributed by atoms with Crippen molar-refractivity contribution in [2.75, 3.05) is 19.7 Å². The van der Waals surface area contributed by atoms with E-state index < -0.39 is 0 Å². The Labute approximate surface area is 95.9 Å². The summed E-state index contributed by atoms with van der Waals surface area (Å²) in [6.45, 7) is 2.06. The molecule has 0 aromatic carbocycles. The highest BCUT2D eigenvalue weighted by molar-refractivity contribution is 5.87. The maximum Gasteiger partial charge on any atom is 0.223 e. The Morgan fingerprint density at radius 3 is 2.81 bits per heavy atom. The molecular weight excluding hydrogens is 206 g/mol. The summed E-state index contributed by atoms with van der Waals surface area (Å²) in [5, 5.41) is 0. The maximum atomic E-state index is 11.8. The normalized spacial score (nSPS) is 28.0. The first-order valence-corrected chi connectivity index (χ1v) is 6.17. The monoisotopic (exact) mass is 225 g/mol. The van der Waals surface area contributed by atoms with Gasteiger partial charge in [0.05, 0.1) is 6.10 Å². The average Bonchev–Trinajstić information content (AvgIpc) is 2.46. The quantitative estimate of drug-likeness (QED) is 0.708. The van der Waals surface area contributed by atoms with Gasteiger partial charge in [-0.1, -0.05) is 0 Å². The van der Waals surface area contributed by atoms with E-state index in [1.54, 1.807) is 4.90 Å². The van der Waals surface area contributed by atoms with Crippen LogP contribution in [0, 0.1) is 0 Å².